The van der Waals surface area contributed by atoms with Crippen LogP contribution < -0.4 is 4.90 Å². The molecule has 0 radical (unpaired) electrons. The number of carbonyl (C=O) groups is 1. The lowest BCUT2D eigenvalue weighted by Gasteiger charge is -2.20. The van der Waals surface area contributed by atoms with Gasteiger partial charge in [0.2, 0.25) is 5.90 Å². The highest BCUT2D eigenvalue weighted by atomic mass is 19.1. The number of hydrogen-bond acceptors (Lipinski definition) is 4. The van der Waals surface area contributed by atoms with Gasteiger partial charge in [0.25, 0.3) is 0 Å². The van der Waals surface area contributed by atoms with Crippen molar-refractivity contribution >= 4 is 23.6 Å². The topological polar surface area (TPSA) is 41.9 Å². The molecule has 0 saturated heterocycles. The molecule has 5 heteroatoms. The zero-order valence-electron chi connectivity index (χ0n) is 14.2. The van der Waals surface area contributed by atoms with Gasteiger partial charge in [-0.2, -0.15) is 0 Å². The molecule has 0 saturated carbocycles. The van der Waals surface area contributed by atoms with Crippen molar-refractivity contribution in [2.75, 3.05) is 18.0 Å². The number of benzene rings is 2. The van der Waals surface area contributed by atoms with Gasteiger partial charge in [-0.25, -0.2) is 14.2 Å². The second kappa shape index (κ2) is 7.30. The average molecular weight is 338 g/mol. The maximum absolute atomic E-state index is 13.3. The van der Waals surface area contributed by atoms with Crippen molar-refractivity contribution in [2.45, 2.75) is 13.8 Å². The molecule has 0 aromatic heterocycles. The van der Waals surface area contributed by atoms with Crippen molar-refractivity contribution in [2.24, 2.45) is 4.99 Å². The third kappa shape index (κ3) is 3.76. The molecule has 25 heavy (non-hydrogen) atoms. The van der Waals surface area contributed by atoms with Crippen LogP contribution in [-0.4, -0.2) is 25.0 Å². The van der Waals surface area contributed by atoms with Gasteiger partial charge in [-0.1, -0.05) is 18.2 Å². The highest BCUT2D eigenvalue weighted by molar-refractivity contribution is 6.12. The van der Waals surface area contributed by atoms with Crippen LogP contribution >= 0.6 is 0 Å². The smallest absolute Gasteiger partial charge is 0.363 e. The van der Waals surface area contributed by atoms with E-state index in [1.54, 1.807) is 18.2 Å². The summed E-state index contributed by atoms with van der Waals surface area (Å²) in [5.74, 6) is -0.816. The number of nitrogens with zero attached hydrogens (tertiary/aromatic N) is 2. The largest absolute Gasteiger partial charge is 0.402 e. The van der Waals surface area contributed by atoms with Gasteiger partial charge in [-0.15, -0.1) is 0 Å². The summed E-state index contributed by atoms with van der Waals surface area (Å²) in [6.45, 7) is 6.09. The lowest BCUT2D eigenvalue weighted by atomic mass is 10.1. The van der Waals surface area contributed by atoms with Gasteiger partial charge in [0, 0.05) is 24.3 Å². The minimum Gasteiger partial charge on any atom is -0.402 e. The van der Waals surface area contributed by atoms with Gasteiger partial charge in [-0.3, -0.25) is 0 Å². The Labute approximate surface area is 146 Å². The van der Waals surface area contributed by atoms with Crippen molar-refractivity contribution in [1.82, 2.24) is 0 Å². The Morgan fingerprint density at radius 1 is 1.12 bits per heavy atom. The van der Waals surface area contributed by atoms with Gasteiger partial charge >= 0.3 is 5.97 Å². The third-order valence-electron chi connectivity index (χ3n) is 4.02. The molecule has 1 aliphatic rings. The van der Waals surface area contributed by atoms with Crippen LogP contribution in [-0.2, 0) is 9.53 Å². The summed E-state index contributed by atoms with van der Waals surface area (Å²) in [7, 11) is 0. The maximum Gasteiger partial charge on any atom is 0.363 e. The van der Waals surface area contributed by atoms with Crippen molar-refractivity contribution in [1.29, 1.82) is 0 Å². The summed E-state index contributed by atoms with van der Waals surface area (Å²) in [6.07, 6.45) is 1.67. The summed E-state index contributed by atoms with van der Waals surface area (Å²) in [5.41, 5.74) is 2.63. The molecule has 0 fully saturated rings. The Hall–Kier alpha value is -2.95. The van der Waals surface area contributed by atoms with E-state index < -0.39 is 11.8 Å². The summed E-state index contributed by atoms with van der Waals surface area (Å²) in [4.78, 5) is 18.4. The first-order valence-electron chi connectivity index (χ1n) is 8.24. The third-order valence-corrected chi connectivity index (χ3v) is 4.02. The zero-order chi connectivity index (χ0) is 17.8. The zero-order valence-corrected chi connectivity index (χ0v) is 14.2. The first-order chi connectivity index (χ1) is 12.1. The van der Waals surface area contributed by atoms with E-state index in [9.17, 15) is 9.18 Å². The molecular formula is C20H19FN2O2. The molecule has 0 amide bonds. The SMILES string of the molecule is CCN(CC)c1ccc(/C=C2/N=C(c3cccc(F)c3)OC2=O)cc1. The van der Waals surface area contributed by atoms with Crippen LogP contribution in [0.3, 0.4) is 0 Å². The second-order valence-electron chi connectivity index (χ2n) is 5.61. The lowest BCUT2D eigenvalue weighted by molar-refractivity contribution is -0.129. The molecule has 2 aromatic carbocycles. The van der Waals surface area contributed by atoms with Crippen molar-refractivity contribution < 1.29 is 13.9 Å². The number of esters is 1. The van der Waals surface area contributed by atoms with Crippen LogP contribution in [0.25, 0.3) is 6.08 Å². The maximum atomic E-state index is 13.3. The fraction of sp³-hybridized carbons (Fsp3) is 0.200. The van der Waals surface area contributed by atoms with Crippen LogP contribution in [0.2, 0.25) is 0 Å². The normalized spacial score (nSPS) is 15.2. The first-order valence-corrected chi connectivity index (χ1v) is 8.24. The fourth-order valence-corrected chi connectivity index (χ4v) is 2.68. The van der Waals surface area contributed by atoms with Crippen LogP contribution in [0.4, 0.5) is 10.1 Å². The summed E-state index contributed by atoms with van der Waals surface area (Å²) >= 11 is 0. The summed E-state index contributed by atoms with van der Waals surface area (Å²) in [5, 5.41) is 0. The molecule has 128 valence electrons. The molecule has 0 unspecified atom stereocenters. The van der Waals surface area contributed by atoms with Crippen LogP contribution in [0, 0.1) is 5.82 Å². The van der Waals surface area contributed by atoms with Crippen molar-refractivity contribution in [3.63, 3.8) is 0 Å². The standard InChI is InChI=1S/C20H19FN2O2/c1-3-23(4-2)17-10-8-14(9-11-17)12-18-20(24)25-19(22-18)15-6-5-7-16(21)13-15/h5-13H,3-4H2,1-2H3/b18-12+. The highest BCUT2D eigenvalue weighted by Crippen LogP contribution is 2.21. The van der Waals surface area contributed by atoms with Crippen LogP contribution in [0.15, 0.2) is 59.2 Å². The number of aliphatic imine (C=N–C) groups is 1. The van der Waals surface area contributed by atoms with E-state index in [2.05, 4.69) is 23.7 Å². The Bertz CT molecular complexity index is 837. The summed E-state index contributed by atoms with van der Waals surface area (Å²) in [6, 6.07) is 13.7. The number of hydrogen-bond donors (Lipinski definition) is 0. The molecule has 1 aliphatic heterocycles. The fourth-order valence-electron chi connectivity index (χ4n) is 2.68. The van der Waals surface area contributed by atoms with E-state index >= 15 is 0 Å². The molecule has 4 nitrogen and oxygen atoms in total. The number of anilines is 1. The predicted molar refractivity (Wildman–Crippen MR) is 97.0 cm³/mol. The minimum absolute atomic E-state index is 0.121. The lowest BCUT2D eigenvalue weighted by Crippen LogP contribution is -2.21. The van der Waals surface area contributed by atoms with Crippen LogP contribution in [0.5, 0.6) is 0 Å². The molecule has 2 aromatic rings. The molecule has 0 aliphatic carbocycles. The van der Waals surface area contributed by atoms with Crippen molar-refractivity contribution in [3.8, 4) is 0 Å². The number of ether oxygens (including phenoxy) is 1. The summed E-state index contributed by atoms with van der Waals surface area (Å²) < 4.78 is 18.5. The number of halogens is 1. The number of carbonyl (C=O) groups excluding carboxylic acids is 1. The van der Waals surface area contributed by atoms with Gasteiger partial charge in [0.1, 0.15) is 5.82 Å². The molecular weight excluding hydrogens is 319 g/mol. The molecule has 3 rings (SSSR count). The quantitative estimate of drug-likeness (QED) is 0.611. The molecule has 0 atom stereocenters. The Balaban J connectivity index is 1.84. The number of cyclic esters (lactones) is 1. The predicted octanol–water partition coefficient (Wildman–Crippen LogP) is 4.02. The van der Waals surface area contributed by atoms with Crippen molar-refractivity contribution in [3.05, 3.63) is 71.2 Å². The second-order valence-corrected chi connectivity index (χ2v) is 5.61. The Kier molecular flexibility index (Phi) is 4.93. The minimum atomic E-state index is -0.535. The van der Waals surface area contributed by atoms with E-state index in [-0.39, 0.29) is 11.6 Å². The van der Waals surface area contributed by atoms with Gasteiger partial charge in [0.15, 0.2) is 5.70 Å². The van der Waals surface area contributed by atoms with Crippen LogP contribution in [0.1, 0.15) is 25.0 Å². The van der Waals surface area contributed by atoms with E-state index in [0.29, 0.717) is 5.56 Å². The van der Waals surface area contributed by atoms with Gasteiger partial charge in [0.05, 0.1) is 0 Å². The van der Waals surface area contributed by atoms with E-state index in [0.717, 1.165) is 24.3 Å². The molecule has 1 heterocycles. The molecule has 0 spiro atoms. The monoisotopic (exact) mass is 338 g/mol. The number of rotatable bonds is 5. The Morgan fingerprint density at radius 2 is 1.84 bits per heavy atom. The van der Waals surface area contributed by atoms with Gasteiger partial charge in [-0.05, 0) is 55.8 Å². The Morgan fingerprint density at radius 3 is 2.48 bits per heavy atom. The average Bonchev–Trinajstić information content (AvgIpc) is 2.98. The van der Waals surface area contributed by atoms with E-state index in [1.807, 2.05) is 24.3 Å². The highest BCUT2D eigenvalue weighted by Gasteiger charge is 2.24. The van der Waals surface area contributed by atoms with Gasteiger partial charge < -0.3 is 9.64 Å². The molecule has 0 N–H and O–H groups in total. The molecule has 0 bridgehead atoms. The van der Waals surface area contributed by atoms with E-state index in [1.165, 1.54) is 12.1 Å². The first kappa shape index (κ1) is 16.9. The van der Waals surface area contributed by atoms with E-state index in [4.69, 9.17) is 4.74 Å².